The van der Waals surface area contributed by atoms with Gasteiger partial charge in [0, 0.05) is 25.0 Å². The fraction of sp³-hybridized carbons (Fsp3) is 0.316. The van der Waals surface area contributed by atoms with E-state index in [-0.39, 0.29) is 11.8 Å². The molecule has 0 aliphatic carbocycles. The van der Waals surface area contributed by atoms with Crippen LogP contribution in [0.1, 0.15) is 12.8 Å². The maximum Gasteiger partial charge on any atom is 0.243 e. The lowest BCUT2D eigenvalue weighted by Crippen LogP contribution is -2.43. The minimum Gasteiger partial charge on any atom is -0.352 e. The lowest BCUT2D eigenvalue weighted by molar-refractivity contribution is -0.116. The largest absolute Gasteiger partial charge is 0.352 e. The molecule has 1 amide bonds. The number of amides is 1. The van der Waals surface area contributed by atoms with E-state index in [1.54, 1.807) is 16.4 Å². The van der Waals surface area contributed by atoms with Crippen LogP contribution in [0.4, 0.5) is 0 Å². The molecule has 0 spiro atoms. The zero-order valence-corrected chi connectivity index (χ0v) is 14.8. The Labute approximate surface area is 148 Å². The van der Waals surface area contributed by atoms with Gasteiger partial charge in [-0.3, -0.25) is 4.79 Å². The number of carbonyl (C=O) groups is 1. The zero-order valence-electron chi connectivity index (χ0n) is 14.0. The molecule has 0 aromatic heterocycles. The highest BCUT2D eigenvalue weighted by atomic mass is 32.2. The highest BCUT2D eigenvalue weighted by Crippen LogP contribution is 2.28. The molecule has 1 heterocycles. The van der Waals surface area contributed by atoms with E-state index in [1.807, 2.05) is 30.3 Å². The summed E-state index contributed by atoms with van der Waals surface area (Å²) in [5, 5.41) is 4.42. The molecule has 3 rings (SSSR count). The number of piperidine rings is 1. The number of hydrogen-bond acceptors (Lipinski definition) is 3. The Bertz CT molecular complexity index is 887. The first kappa shape index (κ1) is 17.6. The summed E-state index contributed by atoms with van der Waals surface area (Å²) >= 11 is 0. The molecule has 0 unspecified atom stereocenters. The van der Waals surface area contributed by atoms with Crippen molar-refractivity contribution >= 4 is 26.7 Å². The van der Waals surface area contributed by atoms with Crippen LogP contribution in [-0.2, 0) is 14.8 Å². The van der Waals surface area contributed by atoms with E-state index in [0.717, 1.165) is 23.6 Å². The van der Waals surface area contributed by atoms with Crippen molar-refractivity contribution in [1.29, 1.82) is 0 Å². The second-order valence-electron chi connectivity index (χ2n) is 6.30. The molecule has 0 bridgehead atoms. The van der Waals surface area contributed by atoms with Crippen molar-refractivity contribution in [2.45, 2.75) is 17.7 Å². The van der Waals surface area contributed by atoms with E-state index >= 15 is 0 Å². The van der Waals surface area contributed by atoms with Crippen LogP contribution in [0.25, 0.3) is 10.8 Å². The maximum absolute atomic E-state index is 13.2. The van der Waals surface area contributed by atoms with Gasteiger partial charge in [0.05, 0.1) is 4.90 Å². The Kier molecular flexibility index (Phi) is 5.20. The van der Waals surface area contributed by atoms with Crippen molar-refractivity contribution in [2.24, 2.45) is 5.92 Å². The van der Waals surface area contributed by atoms with Crippen LogP contribution in [0, 0.1) is 5.92 Å². The first-order valence-corrected chi connectivity index (χ1v) is 9.84. The Morgan fingerprint density at radius 1 is 1.24 bits per heavy atom. The van der Waals surface area contributed by atoms with Crippen LogP contribution in [-0.4, -0.2) is 38.3 Å². The average molecular weight is 358 g/mol. The predicted octanol–water partition coefficient (Wildman–Crippen LogP) is 2.54. The van der Waals surface area contributed by atoms with Gasteiger partial charge in [-0.25, -0.2) is 8.42 Å². The number of rotatable bonds is 5. The minimum absolute atomic E-state index is 0.113. The molecule has 25 heavy (non-hydrogen) atoms. The number of hydrogen-bond donors (Lipinski definition) is 1. The smallest absolute Gasteiger partial charge is 0.243 e. The fourth-order valence-corrected chi connectivity index (χ4v) is 5.06. The normalized spacial score (nSPS) is 18.8. The van der Waals surface area contributed by atoms with Gasteiger partial charge in [-0.05, 0) is 36.3 Å². The Morgan fingerprint density at radius 2 is 2.00 bits per heavy atom. The summed E-state index contributed by atoms with van der Waals surface area (Å²) < 4.78 is 27.9. The summed E-state index contributed by atoms with van der Waals surface area (Å²) in [5.74, 6) is -0.114. The SMILES string of the molecule is C=CC(=O)NC[C@H]1CCCN(S(=O)(=O)c2cccc3ccccc23)C1. The van der Waals surface area contributed by atoms with E-state index in [4.69, 9.17) is 0 Å². The lowest BCUT2D eigenvalue weighted by Gasteiger charge is -2.32. The van der Waals surface area contributed by atoms with Gasteiger partial charge in [-0.2, -0.15) is 4.31 Å². The molecule has 1 N–H and O–H groups in total. The highest BCUT2D eigenvalue weighted by Gasteiger charge is 2.31. The highest BCUT2D eigenvalue weighted by molar-refractivity contribution is 7.89. The number of carbonyl (C=O) groups excluding carboxylic acids is 1. The predicted molar refractivity (Wildman–Crippen MR) is 98.6 cm³/mol. The number of sulfonamides is 1. The van der Waals surface area contributed by atoms with E-state index in [0.29, 0.717) is 24.5 Å². The third-order valence-electron chi connectivity index (χ3n) is 4.60. The van der Waals surface area contributed by atoms with Gasteiger partial charge in [0.15, 0.2) is 0 Å². The molecule has 2 aromatic carbocycles. The van der Waals surface area contributed by atoms with Gasteiger partial charge in [0.25, 0.3) is 0 Å². The quantitative estimate of drug-likeness (QED) is 0.836. The topological polar surface area (TPSA) is 66.5 Å². The average Bonchev–Trinajstić information content (AvgIpc) is 2.65. The molecule has 6 heteroatoms. The van der Waals surface area contributed by atoms with Gasteiger partial charge >= 0.3 is 0 Å². The molecule has 2 aromatic rings. The van der Waals surface area contributed by atoms with Crippen molar-refractivity contribution in [2.75, 3.05) is 19.6 Å². The summed E-state index contributed by atoms with van der Waals surface area (Å²) in [4.78, 5) is 11.7. The number of nitrogens with one attached hydrogen (secondary N) is 1. The van der Waals surface area contributed by atoms with Gasteiger partial charge in [-0.1, -0.05) is 43.0 Å². The van der Waals surface area contributed by atoms with Crippen molar-refractivity contribution in [1.82, 2.24) is 9.62 Å². The molecule has 1 saturated heterocycles. The first-order valence-electron chi connectivity index (χ1n) is 8.40. The standard InChI is InChI=1S/C19H22N2O3S/c1-2-19(22)20-13-15-7-6-12-21(14-15)25(23,24)18-11-5-9-16-8-3-4-10-17(16)18/h2-5,8-11,15H,1,6-7,12-14H2,(H,20,22)/t15-/m1/s1. The molecule has 1 aliphatic rings. The van der Waals surface area contributed by atoms with Crippen molar-refractivity contribution in [3.63, 3.8) is 0 Å². The minimum atomic E-state index is -3.57. The molecule has 1 atom stereocenters. The van der Waals surface area contributed by atoms with Crippen LogP contribution in [0.3, 0.4) is 0 Å². The van der Waals surface area contributed by atoms with E-state index in [1.165, 1.54) is 6.08 Å². The first-order chi connectivity index (χ1) is 12.0. The summed E-state index contributed by atoms with van der Waals surface area (Å²) in [5.41, 5.74) is 0. The monoisotopic (exact) mass is 358 g/mol. The maximum atomic E-state index is 13.2. The fourth-order valence-electron chi connectivity index (χ4n) is 3.29. The lowest BCUT2D eigenvalue weighted by atomic mass is 10.00. The van der Waals surface area contributed by atoms with Gasteiger partial charge in [0.1, 0.15) is 0 Å². The van der Waals surface area contributed by atoms with Gasteiger partial charge < -0.3 is 5.32 Å². The molecular weight excluding hydrogens is 336 g/mol. The summed E-state index contributed by atoms with van der Waals surface area (Å²) in [6.07, 6.45) is 2.92. The van der Waals surface area contributed by atoms with E-state index < -0.39 is 10.0 Å². The molecule has 0 radical (unpaired) electrons. The number of fused-ring (bicyclic) bond motifs is 1. The van der Waals surface area contributed by atoms with Crippen molar-refractivity contribution < 1.29 is 13.2 Å². The molecule has 5 nitrogen and oxygen atoms in total. The number of nitrogens with zero attached hydrogens (tertiary/aromatic N) is 1. The van der Waals surface area contributed by atoms with Gasteiger partial charge in [0.2, 0.25) is 15.9 Å². The second kappa shape index (κ2) is 7.37. The van der Waals surface area contributed by atoms with Crippen LogP contribution < -0.4 is 5.32 Å². The molecule has 1 aliphatic heterocycles. The molecule has 1 fully saturated rings. The summed E-state index contributed by atoms with van der Waals surface area (Å²) in [6.45, 7) is 4.82. The molecular formula is C19H22N2O3S. The Morgan fingerprint density at radius 3 is 2.80 bits per heavy atom. The van der Waals surface area contributed by atoms with Crippen LogP contribution in [0.2, 0.25) is 0 Å². The zero-order chi connectivity index (χ0) is 17.9. The second-order valence-corrected chi connectivity index (χ2v) is 8.20. The van der Waals surface area contributed by atoms with Crippen molar-refractivity contribution in [3.8, 4) is 0 Å². The Hall–Kier alpha value is -2.18. The van der Waals surface area contributed by atoms with Gasteiger partial charge in [-0.15, -0.1) is 0 Å². The van der Waals surface area contributed by atoms with E-state index in [2.05, 4.69) is 11.9 Å². The van der Waals surface area contributed by atoms with Crippen LogP contribution >= 0.6 is 0 Å². The van der Waals surface area contributed by atoms with Crippen LogP contribution in [0.5, 0.6) is 0 Å². The third-order valence-corrected chi connectivity index (χ3v) is 6.52. The summed E-state index contributed by atoms with van der Waals surface area (Å²) in [7, 11) is -3.57. The molecule has 132 valence electrons. The van der Waals surface area contributed by atoms with Crippen LogP contribution in [0.15, 0.2) is 60.0 Å². The Balaban J connectivity index is 1.84. The van der Waals surface area contributed by atoms with Crippen molar-refractivity contribution in [3.05, 3.63) is 55.1 Å². The third kappa shape index (κ3) is 3.75. The summed E-state index contributed by atoms with van der Waals surface area (Å²) in [6, 6.07) is 12.9. The van der Waals surface area contributed by atoms with E-state index in [9.17, 15) is 13.2 Å². The number of benzene rings is 2. The molecule has 0 saturated carbocycles.